The molecule has 1 heterocycles. The summed E-state index contributed by atoms with van der Waals surface area (Å²) in [6.07, 6.45) is -7.86. The second kappa shape index (κ2) is 9.20. The summed E-state index contributed by atoms with van der Waals surface area (Å²) in [4.78, 5) is 1.60. The Kier molecular flexibility index (Phi) is 7.15. The van der Waals surface area contributed by atoms with Gasteiger partial charge in [-0.05, 0) is 53.1 Å². The van der Waals surface area contributed by atoms with E-state index in [9.17, 15) is 40.0 Å². The van der Waals surface area contributed by atoms with E-state index in [1.807, 2.05) is 0 Å². The number of halogens is 6. The van der Waals surface area contributed by atoms with E-state index in [2.05, 4.69) is 4.85 Å². The van der Waals surface area contributed by atoms with E-state index in [-0.39, 0.29) is 13.0 Å². The molecule has 1 aliphatic heterocycles. The van der Waals surface area contributed by atoms with Gasteiger partial charge in [0.25, 0.3) is 5.70 Å². The van der Waals surface area contributed by atoms with Crippen molar-refractivity contribution in [3.63, 3.8) is 0 Å². The molecule has 0 unspecified atom stereocenters. The van der Waals surface area contributed by atoms with Gasteiger partial charge in [0.05, 0.1) is 33.6 Å². The first kappa shape index (κ1) is 26.4. The molecule has 0 amide bonds. The van der Waals surface area contributed by atoms with Crippen LogP contribution in [0.15, 0.2) is 72.0 Å². The second-order valence-corrected chi connectivity index (χ2v) is 8.59. The molecule has 0 atom stereocenters. The van der Waals surface area contributed by atoms with Crippen molar-refractivity contribution >= 4 is 19.6 Å². The molecule has 11 heteroatoms. The monoisotopic (exact) mass is 496 g/mol. The fourth-order valence-corrected chi connectivity index (χ4v) is 4.74. The maximum Gasteiger partial charge on any atom is 0.416 e. The Bertz CT molecular complexity index is 1320. The number of nitriles is 1. The number of allylic oxidation sites excluding steroid dienone is 4. The Morgan fingerprint density at radius 3 is 1.59 bits per heavy atom. The zero-order valence-corrected chi connectivity index (χ0v) is 17.0. The minimum Gasteiger partial charge on any atom is -0.226 e. The molecule has 4 nitrogen and oxygen atoms in total. The summed E-state index contributed by atoms with van der Waals surface area (Å²) < 4.78 is 106. The van der Waals surface area contributed by atoms with E-state index in [4.69, 9.17) is 6.57 Å². The Morgan fingerprint density at radius 2 is 1.26 bits per heavy atom. The summed E-state index contributed by atoms with van der Waals surface area (Å²) in [7, 11) is -4.64. The highest BCUT2D eigenvalue weighted by Crippen LogP contribution is 2.42. The molecule has 0 radical (unpaired) electrons. The zero-order chi connectivity index (χ0) is 24.6. The van der Waals surface area contributed by atoms with Gasteiger partial charge in [-0.25, -0.2) is 18.5 Å². The molecule has 0 spiro atoms. The van der Waals surface area contributed by atoms with Crippen LogP contribution < -0.4 is 0 Å². The van der Waals surface area contributed by atoms with Crippen molar-refractivity contribution in [1.82, 2.24) is 0 Å². The van der Waals surface area contributed by atoms with Gasteiger partial charge in [-0.2, -0.15) is 26.3 Å². The second-order valence-electron chi connectivity index (χ2n) is 6.71. The lowest BCUT2D eigenvalue weighted by Gasteiger charge is -2.20. The lowest BCUT2D eigenvalue weighted by molar-refractivity contribution is -0.138. The molecule has 0 saturated carbocycles. The van der Waals surface area contributed by atoms with Crippen molar-refractivity contribution in [2.45, 2.75) is 19.8 Å². The van der Waals surface area contributed by atoms with Crippen LogP contribution in [0.25, 0.3) is 14.7 Å². The lowest BCUT2D eigenvalue weighted by Crippen LogP contribution is -2.13. The van der Waals surface area contributed by atoms with E-state index in [0.29, 0.717) is 12.1 Å². The van der Waals surface area contributed by atoms with Gasteiger partial charge in [-0.3, -0.25) is 0 Å². The third-order valence-electron chi connectivity index (χ3n) is 4.59. The predicted octanol–water partition coefficient (Wildman–Crippen LogP) is 6.87. The van der Waals surface area contributed by atoms with Crippen LogP contribution in [-0.4, -0.2) is 8.42 Å². The number of hydrogen-bond acceptors (Lipinski definition) is 3. The number of sulfone groups is 1. The Morgan fingerprint density at radius 1 is 0.853 bits per heavy atom. The van der Waals surface area contributed by atoms with Crippen LogP contribution in [0.5, 0.6) is 0 Å². The minimum absolute atomic E-state index is 0. The Balaban J connectivity index is 0.00000408. The first-order chi connectivity index (χ1) is 15.3. The molecular formula is C23H14F6N2O2S. The molecule has 0 bridgehead atoms. The SMILES string of the molecule is C.[C-]#[N+]C(C#N)=C1C=C(c2cccc(C(F)(F)F)c2)S(=O)(=O)C(c2cccc(C(F)(F)F)c2)=C1. The molecule has 0 aliphatic carbocycles. The molecule has 0 fully saturated rings. The van der Waals surface area contributed by atoms with Gasteiger partial charge in [-0.15, -0.1) is 0 Å². The van der Waals surface area contributed by atoms with Crippen LogP contribution in [0.2, 0.25) is 0 Å². The molecule has 2 aromatic rings. The summed E-state index contributed by atoms with van der Waals surface area (Å²) in [6, 6.07) is 8.23. The normalized spacial score (nSPS) is 15.2. The Labute approximate surface area is 191 Å². The number of benzene rings is 2. The first-order valence-electron chi connectivity index (χ1n) is 8.84. The molecular weight excluding hydrogens is 482 g/mol. The maximum absolute atomic E-state index is 13.3. The van der Waals surface area contributed by atoms with Crippen molar-refractivity contribution in [1.29, 1.82) is 5.26 Å². The van der Waals surface area contributed by atoms with Gasteiger partial charge in [0.15, 0.2) is 0 Å². The van der Waals surface area contributed by atoms with Gasteiger partial charge in [-0.1, -0.05) is 31.7 Å². The van der Waals surface area contributed by atoms with Crippen molar-refractivity contribution in [2.75, 3.05) is 0 Å². The van der Waals surface area contributed by atoms with Gasteiger partial charge in [0.2, 0.25) is 9.84 Å². The molecule has 0 aromatic heterocycles. The van der Waals surface area contributed by atoms with Crippen molar-refractivity contribution < 1.29 is 34.8 Å². The van der Waals surface area contributed by atoms with Crippen LogP contribution in [0.4, 0.5) is 26.3 Å². The highest BCUT2D eigenvalue weighted by Gasteiger charge is 2.36. The van der Waals surface area contributed by atoms with Gasteiger partial charge in [0, 0.05) is 0 Å². The largest absolute Gasteiger partial charge is 0.416 e. The topological polar surface area (TPSA) is 62.3 Å². The fourth-order valence-electron chi connectivity index (χ4n) is 3.06. The average Bonchev–Trinajstić information content (AvgIpc) is 2.74. The lowest BCUT2D eigenvalue weighted by atomic mass is 10.0. The number of alkyl halides is 6. The summed E-state index contributed by atoms with van der Waals surface area (Å²) in [5.41, 5.74) is -3.95. The summed E-state index contributed by atoms with van der Waals surface area (Å²) in [5.74, 6) is 0. The molecule has 34 heavy (non-hydrogen) atoms. The number of rotatable bonds is 2. The summed E-state index contributed by atoms with van der Waals surface area (Å²) >= 11 is 0. The standard InChI is InChI=1S/C22H10F6N2O2S.CH4/c1-30-18(12-29)15-10-19(13-4-2-6-16(8-13)21(23,24)25)33(31,32)20(11-15)14-5-3-7-17(9-14)22(26,27)28;/h2-11H;1H4. The number of hydrogen-bond donors (Lipinski definition) is 0. The highest BCUT2D eigenvalue weighted by molar-refractivity contribution is 8.09. The molecule has 176 valence electrons. The van der Waals surface area contributed by atoms with E-state index in [0.717, 1.165) is 48.6 Å². The maximum atomic E-state index is 13.3. The smallest absolute Gasteiger partial charge is 0.226 e. The van der Waals surface area contributed by atoms with Gasteiger partial charge in [0.1, 0.15) is 0 Å². The van der Waals surface area contributed by atoms with Crippen LogP contribution in [0.3, 0.4) is 0 Å². The van der Waals surface area contributed by atoms with Gasteiger partial charge < -0.3 is 0 Å². The highest BCUT2D eigenvalue weighted by atomic mass is 32.2. The molecule has 1 aliphatic rings. The van der Waals surface area contributed by atoms with Crippen LogP contribution >= 0.6 is 0 Å². The minimum atomic E-state index is -4.79. The summed E-state index contributed by atoms with van der Waals surface area (Å²) in [5, 5.41) is 9.20. The number of nitrogens with zero attached hydrogens (tertiary/aromatic N) is 2. The molecule has 0 saturated heterocycles. The van der Waals surface area contributed by atoms with Crippen LogP contribution in [0.1, 0.15) is 29.7 Å². The van der Waals surface area contributed by atoms with E-state index in [1.165, 1.54) is 0 Å². The van der Waals surface area contributed by atoms with Crippen molar-refractivity contribution in [3.05, 3.63) is 106 Å². The van der Waals surface area contributed by atoms with E-state index < -0.39 is 60.0 Å². The third-order valence-corrected chi connectivity index (χ3v) is 6.46. The first-order valence-corrected chi connectivity index (χ1v) is 10.3. The fraction of sp³-hybridized carbons (Fsp3) is 0.130. The quantitative estimate of drug-likeness (QED) is 0.259. The molecule has 2 aromatic carbocycles. The van der Waals surface area contributed by atoms with Crippen LogP contribution in [0, 0.1) is 17.9 Å². The van der Waals surface area contributed by atoms with Crippen molar-refractivity contribution in [3.8, 4) is 6.07 Å². The summed E-state index contributed by atoms with van der Waals surface area (Å²) in [6.45, 7) is 7.11. The van der Waals surface area contributed by atoms with E-state index in [1.54, 1.807) is 6.07 Å². The average molecular weight is 496 g/mol. The zero-order valence-electron chi connectivity index (χ0n) is 16.2. The van der Waals surface area contributed by atoms with Crippen molar-refractivity contribution in [2.24, 2.45) is 0 Å². The molecule has 3 rings (SSSR count). The predicted molar refractivity (Wildman–Crippen MR) is 114 cm³/mol. The third kappa shape index (κ3) is 5.05. The van der Waals surface area contributed by atoms with Gasteiger partial charge >= 0.3 is 12.4 Å². The Hall–Kier alpha value is -3.83. The van der Waals surface area contributed by atoms with E-state index >= 15 is 0 Å². The van der Waals surface area contributed by atoms with Crippen LogP contribution in [-0.2, 0) is 22.2 Å². The molecule has 0 N–H and O–H groups in total.